The van der Waals surface area contributed by atoms with E-state index >= 15 is 0 Å². The van der Waals surface area contributed by atoms with Gasteiger partial charge in [-0.25, -0.2) is 4.98 Å². The summed E-state index contributed by atoms with van der Waals surface area (Å²) in [6.45, 7) is 0.494. The first kappa shape index (κ1) is 19.8. The van der Waals surface area contributed by atoms with Gasteiger partial charge in [-0.1, -0.05) is 35.9 Å². The number of aromatic nitrogens is 1. The maximum atomic E-state index is 12.4. The van der Waals surface area contributed by atoms with Crippen LogP contribution in [0.1, 0.15) is 5.56 Å². The molecule has 0 aliphatic heterocycles. The van der Waals surface area contributed by atoms with Crippen LogP contribution in [0, 0.1) is 0 Å². The molecule has 4 nitrogen and oxygen atoms in total. The van der Waals surface area contributed by atoms with Crippen molar-refractivity contribution in [2.45, 2.75) is 12.9 Å². The van der Waals surface area contributed by atoms with Gasteiger partial charge < -0.3 is 14.8 Å². The SMILES string of the molecule is COc1ccc(CNc2cc(-c3cccc(OC(F)(F)F)c3)cc(Cl)n2)cc1. The number of alkyl halides is 3. The first-order chi connectivity index (χ1) is 13.3. The van der Waals surface area contributed by atoms with Crippen LogP contribution in [0.3, 0.4) is 0 Å². The molecule has 0 unspecified atom stereocenters. The minimum atomic E-state index is -4.75. The van der Waals surface area contributed by atoms with Crippen LogP contribution in [0.5, 0.6) is 11.5 Å². The van der Waals surface area contributed by atoms with Gasteiger partial charge in [-0.2, -0.15) is 0 Å². The predicted octanol–water partition coefficient (Wildman–Crippen LogP) is 5.92. The Morgan fingerprint density at radius 2 is 1.71 bits per heavy atom. The van der Waals surface area contributed by atoms with Crippen LogP contribution in [-0.4, -0.2) is 18.5 Å². The summed E-state index contributed by atoms with van der Waals surface area (Å²) in [6, 6.07) is 16.5. The lowest BCUT2D eigenvalue weighted by molar-refractivity contribution is -0.274. The molecule has 0 fully saturated rings. The Labute approximate surface area is 164 Å². The highest BCUT2D eigenvalue weighted by Crippen LogP contribution is 2.30. The molecule has 2 aromatic carbocycles. The molecule has 146 valence electrons. The van der Waals surface area contributed by atoms with Gasteiger partial charge in [-0.3, -0.25) is 0 Å². The van der Waals surface area contributed by atoms with Crippen molar-refractivity contribution in [1.29, 1.82) is 0 Å². The molecule has 1 aromatic heterocycles. The monoisotopic (exact) mass is 408 g/mol. The van der Waals surface area contributed by atoms with Gasteiger partial charge in [0.25, 0.3) is 0 Å². The topological polar surface area (TPSA) is 43.4 Å². The zero-order valence-corrected chi connectivity index (χ0v) is 15.5. The highest BCUT2D eigenvalue weighted by Gasteiger charge is 2.31. The summed E-state index contributed by atoms with van der Waals surface area (Å²) in [4.78, 5) is 4.21. The van der Waals surface area contributed by atoms with Gasteiger partial charge in [0.15, 0.2) is 0 Å². The zero-order chi connectivity index (χ0) is 20.1. The standard InChI is InChI=1S/C20H16ClF3N2O2/c1-27-16-7-5-13(6-8-16)12-25-19-11-15(10-18(21)26-19)14-3-2-4-17(9-14)28-20(22,23)24/h2-11H,12H2,1H3,(H,25,26). The molecule has 0 atom stereocenters. The quantitative estimate of drug-likeness (QED) is 0.514. The predicted molar refractivity (Wildman–Crippen MR) is 102 cm³/mol. The van der Waals surface area contributed by atoms with Gasteiger partial charge in [0, 0.05) is 6.54 Å². The molecule has 28 heavy (non-hydrogen) atoms. The Balaban J connectivity index is 1.78. The van der Waals surface area contributed by atoms with E-state index in [0.717, 1.165) is 11.3 Å². The third-order valence-electron chi connectivity index (χ3n) is 3.83. The Hall–Kier alpha value is -2.93. The molecule has 0 radical (unpaired) electrons. The van der Waals surface area contributed by atoms with Crippen LogP contribution in [0.15, 0.2) is 60.7 Å². The highest BCUT2D eigenvalue weighted by molar-refractivity contribution is 6.29. The number of methoxy groups -OCH3 is 1. The van der Waals surface area contributed by atoms with E-state index in [1.165, 1.54) is 18.2 Å². The third-order valence-corrected chi connectivity index (χ3v) is 4.02. The van der Waals surface area contributed by atoms with Crippen molar-refractivity contribution < 1.29 is 22.6 Å². The maximum Gasteiger partial charge on any atom is 0.573 e. The van der Waals surface area contributed by atoms with Crippen LogP contribution in [0.25, 0.3) is 11.1 Å². The summed E-state index contributed by atoms with van der Waals surface area (Å²) in [6.07, 6.45) is -4.75. The van der Waals surface area contributed by atoms with E-state index < -0.39 is 6.36 Å². The Morgan fingerprint density at radius 1 is 0.964 bits per heavy atom. The van der Waals surface area contributed by atoms with Crippen molar-refractivity contribution in [2.24, 2.45) is 0 Å². The van der Waals surface area contributed by atoms with Gasteiger partial charge in [0.1, 0.15) is 22.5 Å². The second-order valence-corrected chi connectivity index (χ2v) is 6.23. The van der Waals surface area contributed by atoms with Crippen LogP contribution >= 0.6 is 11.6 Å². The molecule has 0 aliphatic carbocycles. The molecule has 0 spiro atoms. The fraction of sp³-hybridized carbons (Fsp3) is 0.150. The van der Waals surface area contributed by atoms with E-state index in [-0.39, 0.29) is 10.9 Å². The number of ether oxygens (including phenoxy) is 2. The smallest absolute Gasteiger partial charge is 0.497 e. The summed E-state index contributed by atoms with van der Waals surface area (Å²) in [5.41, 5.74) is 2.15. The van der Waals surface area contributed by atoms with E-state index in [9.17, 15) is 13.2 Å². The lowest BCUT2D eigenvalue weighted by atomic mass is 10.1. The molecule has 0 aliphatic rings. The Morgan fingerprint density at radius 3 is 2.39 bits per heavy atom. The van der Waals surface area contributed by atoms with Crippen molar-refractivity contribution in [3.63, 3.8) is 0 Å². The number of pyridine rings is 1. The first-order valence-corrected chi connectivity index (χ1v) is 8.61. The van der Waals surface area contributed by atoms with Crippen molar-refractivity contribution >= 4 is 17.4 Å². The molecular weight excluding hydrogens is 393 g/mol. The molecule has 1 heterocycles. The third kappa shape index (κ3) is 5.53. The summed E-state index contributed by atoms with van der Waals surface area (Å²) in [5, 5.41) is 3.37. The second-order valence-electron chi connectivity index (χ2n) is 5.84. The fourth-order valence-corrected chi connectivity index (χ4v) is 2.77. The number of benzene rings is 2. The minimum absolute atomic E-state index is 0.219. The second kappa shape index (κ2) is 8.39. The molecule has 3 rings (SSSR count). The zero-order valence-electron chi connectivity index (χ0n) is 14.8. The average Bonchev–Trinajstić information content (AvgIpc) is 2.65. The van der Waals surface area contributed by atoms with Crippen LogP contribution in [-0.2, 0) is 6.54 Å². The summed E-state index contributed by atoms with van der Waals surface area (Å²) >= 11 is 6.09. The van der Waals surface area contributed by atoms with Gasteiger partial charge in [0.2, 0.25) is 0 Å². The number of hydrogen-bond acceptors (Lipinski definition) is 4. The molecule has 0 bridgehead atoms. The van der Waals surface area contributed by atoms with Crippen LogP contribution < -0.4 is 14.8 Å². The average molecular weight is 409 g/mol. The molecule has 0 saturated heterocycles. The van der Waals surface area contributed by atoms with Crippen molar-refractivity contribution in [2.75, 3.05) is 12.4 Å². The number of halogens is 4. The molecule has 8 heteroatoms. The number of anilines is 1. The molecule has 1 N–H and O–H groups in total. The van der Waals surface area contributed by atoms with Crippen LogP contribution in [0.4, 0.5) is 19.0 Å². The molecule has 0 amide bonds. The number of hydrogen-bond donors (Lipinski definition) is 1. The Bertz CT molecular complexity index is 947. The van der Waals surface area contributed by atoms with Gasteiger partial charge in [-0.05, 0) is 53.1 Å². The van der Waals surface area contributed by atoms with E-state index in [0.29, 0.717) is 23.5 Å². The minimum Gasteiger partial charge on any atom is -0.497 e. The lowest BCUT2D eigenvalue weighted by Crippen LogP contribution is -2.17. The van der Waals surface area contributed by atoms with Gasteiger partial charge >= 0.3 is 6.36 Å². The van der Waals surface area contributed by atoms with Gasteiger partial charge in [0.05, 0.1) is 7.11 Å². The van der Waals surface area contributed by atoms with Crippen LogP contribution in [0.2, 0.25) is 5.15 Å². The highest BCUT2D eigenvalue weighted by atomic mass is 35.5. The van der Waals surface area contributed by atoms with Gasteiger partial charge in [-0.15, -0.1) is 13.2 Å². The summed E-state index contributed by atoms with van der Waals surface area (Å²) in [7, 11) is 1.60. The summed E-state index contributed by atoms with van der Waals surface area (Å²) in [5.74, 6) is 0.957. The normalized spacial score (nSPS) is 11.2. The maximum absolute atomic E-state index is 12.4. The van der Waals surface area contributed by atoms with Crippen molar-refractivity contribution in [3.05, 3.63) is 71.4 Å². The Kier molecular flexibility index (Phi) is 5.94. The molecule has 0 saturated carbocycles. The number of nitrogens with zero attached hydrogens (tertiary/aromatic N) is 1. The summed E-state index contributed by atoms with van der Waals surface area (Å²) < 4.78 is 46.4. The number of rotatable bonds is 6. The largest absolute Gasteiger partial charge is 0.573 e. The van der Waals surface area contributed by atoms with E-state index in [4.69, 9.17) is 16.3 Å². The first-order valence-electron chi connectivity index (χ1n) is 8.23. The van der Waals surface area contributed by atoms with E-state index in [2.05, 4.69) is 15.0 Å². The van der Waals surface area contributed by atoms with Crippen molar-refractivity contribution in [3.8, 4) is 22.6 Å². The molecule has 3 aromatic rings. The lowest BCUT2D eigenvalue weighted by Gasteiger charge is -2.12. The number of nitrogens with one attached hydrogen (secondary N) is 1. The van der Waals surface area contributed by atoms with Crippen molar-refractivity contribution in [1.82, 2.24) is 4.98 Å². The van der Waals surface area contributed by atoms with E-state index in [1.807, 2.05) is 24.3 Å². The van der Waals surface area contributed by atoms with E-state index in [1.54, 1.807) is 25.3 Å². The fourth-order valence-electron chi connectivity index (χ4n) is 2.56. The molecular formula is C20H16ClF3N2O2.